The number of nitrogens with zero attached hydrogens (tertiary/aromatic N) is 6. The van der Waals surface area contributed by atoms with Crippen molar-refractivity contribution < 1.29 is 9.66 Å². The van der Waals surface area contributed by atoms with Crippen LogP contribution < -0.4 is 15.6 Å². The lowest BCUT2D eigenvalue weighted by Crippen LogP contribution is -2.29. The average molecular weight is 418 g/mol. The van der Waals surface area contributed by atoms with E-state index in [1.54, 1.807) is 25.3 Å². The SMILES string of the molecule is COc1ccccc1C1c2c(-c3cccc([N+](=O)[O-])c3)n[nH]c(=O)c2Nc2nnnn21. The first-order chi connectivity index (χ1) is 15.1. The van der Waals surface area contributed by atoms with Gasteiger partial charge in [0, 0.05) is 28.8 Å². The van der Waals surface area contributed by atoms with E-state index in [0.29, 0.717) is 28.1 Å². The van der Waals surface area contributed by atoms with Gasteiger partial charge in [0.2, 0.25) is 5.95 Å². The van der Waals surface area contributed by atoms with E-state index in [9.17, 15) is 14.9 Å². The van der Waals surface area contributed by atoms with Crippen LogP contribution in [0.2, 0.25) is 0 Å². The number of rotatable bonds is 4. The van der Waals surface area contributed by atoms with Gasteiger partial charge >= 0.3 is 0 Å². The molecular weight excluding hydrogens is 404 g/mol. The van der Waals surface area contributed by atoms with E-state index in [2.05, 4.69) is 31.0 Å². The van der Waals surface area contributed by atoms with Crippen LogP contribution in [0, 0.1) is 10.1 Å². The molecule has 2 aromatic carbocycles. The predicted molar refractivity (Wildman–Crippen MR) is 108 cm³/mol. The van der Waals surface area contributed by atoms with Crippen molar-refractivity contribution in [3.63, 3.8) is 0 Å². The molecule has 0 saturated heterocycles. The van der Waals surface area contributed by atoms with Crippen LogP contribution in [0.3, 0.4) is 0 Å². The summed E-state index contributed by atoms with van der Waals surface area (Å²) in [6, 6.07) is 12.6. The third-order valence-electron chi connectivity index (χ3n) is 5.03. The number of anilines is 2. The molecule has 2 aromatic heterocycles. The number of ether oxygens (including phenoxy) is 1. The summed E-state index contributed by atoms with van der Waals surface area (Å²) in [7, 11) is 1.54. The molecule has 0 aliphatic carbocycles. The maximum absolute atomic E-state index is 12.7. The Bertz CT molecular complexity index is 1380. The quantitative estimate of drug-likeness (QED) is 0.329. The van der Waals surface area contributed by atoms with Gasteiger partial charge in [0.25, 0.3) is 11.2 Å². The van der Waals surface area contributed by atoms with Gasteiger partial charge in [-0.2, -0.15) is 9.78 Å². The van der Waals surface area contributed by atoms with Crippen LogP contribution in [-0.2, 0) is 0 Å². The van der Waals surface area contributed by atoms with E-state index in [-0.39, 0.29) is 17.3 Å². The molecule has 0 spiro atoms. The Morgan fingerprint density at radius 1 is 1.19 bits per heavy atom. The lowest BCUT2D eigenvalue weighted by molar-refractivity contribution is -0.384. The van der Waals surface area contributed by atoms with Crippen molar-refractivity contribution in [3.05, 3.63) is 80.1 Å². The smallest absolute Gasteiger partial charge is 0.288 e. The number of nitrogens with one attached hydrogen (secondary N) is 2. The number of tetrazole rings is 1. The number of methoxy groups -OCH3 is 1. The van der Waals surface area contributed by atoms with Crippen LogP contribution >= 0.6 is 0 Å². The van der Waals surface area contributed by atoms with Crippen LogP contribution in [0.1, 0.15) is 17.2 Å². The first-order valence-electron chi connectivity index (χ1n) is 9.13. The van der Waals surface area contributed by atoms with Gasteiger partial charge in [0.15, 0.2) is 0 Å². The minimum Gasteiger partial charge on any atom is -0.496 e. The highest BCUT2D eigenvalue weighted by atomic mass is 16.6. The lowest BCUT2D eigenvalue weighted by Gasteiger charge is -2.28. The fourth-order valence-corrected chi connectivity index (χ4v) is 3.70. The zero-order chi connectivity index (χ0) is 21.5. The number of hydrogen-bond donors (Lipinski definition) is 2. The molecule has 1 unspecified atom stereocenters. The van der Waals surface area contributed by atoms with Crippen LogP contribution in [0.25, 0.3) is 11.3 Å². The van der Waals surface area contributed by atoms with Crippen LogP contribution in [-0.4, -0.2) is 42.4 Å². The normalized spacial score (nSPS) is 14.3. The molecule has 154 valence electrons. The molecule has 5 rings (SSSR count). The third kappa shape index (κ3) is 2.88. The Morgan fingerprint density at radius 3 is 2.84 bits per heavy atom. The highest BCUT2D eigenvalue weighted by molar-refractivity contribution is 5.76. The molecule has 0 saturated carbocycles. The van der Waals surface area contributed by atoms with Crippen LogP contribution in [0.15, 0.2) is 53.3 Å². The number of aromatic nitrogens is 6. The third-order valence-corrected chi connectivity index (χ3v) is 5.03. The number of H-pyrrole nitrogens is 1. The fourth-order valence-electron chi connectivity index (χ4n) is 3.70. The van der Waals surface area contributed by atoms with Crippen molar-refractivity contribution in [1.82, 2.24) is 30.4 Å². The van der Waals surface area contributed by atoms with Crippen LogP contribution in [0.5, 0.6) is 5.75 Å². The maximum atomic E-state index is 12.7. The molecule has 1 aliphatic heterocycles. The van der Waals surface area contributed by atoms with Gasteiger partial charge < -0.3 is 10.1 Å². The van der Waals surface area contributed by atoms with Crippen molar-refractivity contribution >= 4 is 17.3 Å². The number of benzene rings is 2. The highest BCUT2D eigenvalue weighted by Crippen LogP contribution is 2.43. The lowest BCUT2D eigenvalue weighted by atomic mass is 9.92. The molecular formula is C19H14N8O4. The maximum Gasteiger partial charge on any atom is 0.288 e. The number of fused-ring (bicyclic) bond motifs is 2. The van der Waals surface area contributed by atoms with E-state index in [1.165, 1.54) is 16.8 Å². The molecule has 3 heterocycles. The average Bonchev–Trinajstić information content (AvgIpc) is 3.26. The molecule has 0 radical (unpaired) electrons. The molecule has 12 heteroatoms. The van der Waals surface area contributed by atoms with Gasteiger partial charge in [-0.15, -0.1) is 0 Å². The van der Waals surface area contributed by atoms with E-state index < -0.39 is 16.5 Å². The van der Waals surface area contributed by atoms with Gasteiger partial charge in [-0.1, -0.05) is 35.4 Å². The summed E-state index contributed by atoms with van der Waals surface area (Å²) in [5.74, 6) is 0.831. The van der Waals surface area contributed by atoms with Gasteiger partial charge in [0.1, 0.15) is 17.5 Å². The second kappa shape index (κ2) is 7.02. The minimum absolute atomic E-state index is 0.0972. The Hall–Kier alpha value is -4.61. The molecule has 0 bridgehead atoms. The van der Waals surface area contributed by atoms with Crippen molar-refractivity contribution in [1.29, 1.82) is 0 Å². The van der Waals surface area contributed by atoms with Crippen molar-refractivity contribution in [2.75, 3.05) is 12.4 Å². The van der Waals surface area contributed by atoms with Crippen LogP contribution in [0.4, 0.5) is 17.3 Å². The van der Waals surface area contributed by atoms with E-state index in [1.807, 2.05) is 18.2 Å². The zero-order valence-corrected chi connectivity index (χ0v) is 16.0. The Morgan fingerprint density at radius 2 is 2.03 bits per heavy atom. The number of aromatic amines is 1. The molecule has 0 fully saturated rings. The van der Waals surface area contributed by atoms with Gasteiger partial charge in [-0.25, -0.2) is 5.10 Å². The van der Waals surface area contributed by atoms with Crippen molar-refractivity contribution in [3.8, 4) is 17.0 Å². The molecule has 1 atom stereocenters. The van der Waals surface area contributed by atoms with Gasteiger partial charge in [-0.3, -0.25) is 14.9 Å². The second-order valence-electron chi connectivity index (χ2n) is 6.71. The van der Waals surface area contributed by atoms with E-state index >= 15 is 0 Å². The topological polar surface area (TPSA) is 154 Å². The monoisotopic (exact) mass is 418 g/mol. The molecule has 0 amide bonds. The zero-order valence-electron chi connectivity index (χ0n) is 16.0. The van der Waals surface area contributed by atoms with E-state index in [0.717, 1.165) is 0 Å². The number of para-hydroxylation sites is 1. The minimum atomic E-state index is -0.665. The number of non-ortho nitro benzene ring substituents is 1. The summed E-state index contributed by atoms with van der Waals surface area (Å²) in [4.78, 5) is 23.5. The number of nitro groups is 1. The first kappa shape index (κ1) is 18.4. The van der Waals surface area contributed by atoms with Gasteiger partial charge in [-0.05, 0) is 16.5 Å². The van der Waals surface area contributed by atoms with Crippen molar-refractivity contribution in [2.45, 2.75) is 6.04 Å². The standard InChI is InChI=1S/C19H14N8O4/c1-31-13-8-3-2-7-12(13)17-14-15(10-5-4-6-11(9-10)27(29)30)21-22-18(28)16(14)20-19-23-24-25-26(17)19/h2-9,17H,1H3,(H,22,28)(H,20,23,25). The molecule has 4 aromatic rings. The summed E-state index contributed by atoms with van der Waals surface area (Å²) >= 11 is 0. The van der Waals surface area contributed by atoms with Crippen molar-refractivity contribution in [2.24, 2.45) is 0 Å². The summed E-state index contributed by atoms with van der Waals surface area (Å²) in [5, 5.41) is 32.7. The number of hydrogen-bond acceptors (Lipinski definition) is 9. The number of nitro benzene ring substituents is 1. The summed E-state index contributed by atoms with van der Waals surface area (Å²) in [6.45, 7) is 0. The molecule has 12 nitrogen and oxygen atoms in total. The first-order valence-corrected chi connectivity index (χ1v) is 9.13. The Balaban J connectivity index is 1.83. The molecule has 2 N–H and O–H groups in total. The summed E-state index contributed by atoms with van der Waals surface area (Å²) in [5.41, 5.74) is 1.60. The fraction of sp³-hybridized carbons (Fsp3) is 0.105. The summed E-state index contributed by atoms with van der Waals surface area (Å²) < 4.78 is 7.05. The predicted octanol–water partition coefficient (Wildman–Crippen LogP) is 2.03. The summed E-state index contributed by atoms with van der Waals surface area (Å²) in [6.07, 6.45) is 0. The highest BCUT2D eigenvalue weighted by Gasteiger charge is 2.36. The molecule has 1 aliphatic rings. The molecule has 31 heavy (non-hydrogen) atoms. The second-order valence-corrected chi connectivity index (χ2v) is 6.71. The Labute approximate surface area is 173 Å². The Kier molecular flexibility index (Phi) is 4.17. The largest absolute Gasteiger partial charge is 0.496 e. The van der Waals surface area contributed by atoms with Gasteiger partial charge in [0.05, 0.1) is 17.7 Å². The van der Waals surface area contributed by atoms with E-state index in [4.69, 9.17) is 4.74 Å².